The first-order valence-corrected chi connectivity index (χ1v) is 21.8. The lowest BCUT2D eigenvalue weighted by atomic mass is 9.81. The molecule has 1 aromatic heterocycles. The normalized spacial score (nSPS) is 12.7. The average Bonchev–Trinajstić information content (AvgIpc) is 3.57. The zero-order chi connectivity index (χ0) is 42.1. The fraction of sp³-hybridized carbons (Fsp3) is 0.0492. The number of benzene rings is 10. The van der Waals surface area contributed by atoms with Crippen molar-refractivity contribution in [2.45, 2.75) is 19.3 Å². The number of hydrogen-bond donors (Lipinski definition) is 0. The molecule has 63 heavy (non-hydrogen) atoms. The highest BCUT2D eigenvalue weighted by molar-refractivity contribution is 6.21. The molecule has 2 nitrogen and oxygen atoms in total. The Morgan fingerprint density at radius 3 is 1.49 bits per heavy atom. The van der Waals surface area contributed by atoms with E-state index in [0.717, 1.165) is 38.9 Å². The molecule has 0 aliphatic heterocycles. The zero-order valence-corrected chi connectivity index (χ0v) is 35.2. The van der Waals surface area contributed by atoms with Crippen molar-refractivity contribution in [2.75, 3.05) is 0 Å². The second-order valence-corrected chi connectivity index (χ2v) is 17.3. The van der Waals surface area contributed by atoms with E-state index in [0.29, 0.717) is 5.82 Å². The van der Waals surface area contributed by atoms with Gasteiger partial charge < -0.3 is 0 Å². The maximum atomic E-state index is 5.39. The molecular weight excluding hydrogens is 761 g/mol. The summed E-state index contributed by atoms with van der Waals surface area (Å²) in [7, 11) is 0. The van der Waals surface area contributed by atoms with Gasteiger partial charge in [0.15, 0.2) is 5.82 Å². The Labute approximate surface area is 367 Å². The largest absolute Gasteiger partial charge is 0.228 e. The van der Waals surface area contributed by atoms with Crippen molar-refractivity contribution in [1.29, 1.82) is 0 Å². The molecule has 12 rings (SSSR count). The van der Waals surface area contributed by atoms with Crippen LogP contribution in [0.2, 0.25) is 0 Å². The van der Waals surface area contributed by atoms with E-state index in [1.807, 2.05) is 6.07 Å². The van der Waals surface area contributed by atoms with Gasteiger partial charge in [-0.25, -0.2) is 9.97 Å². The first-order valence-electron chi connectivity index (χ1n) is 21.8. The van der Waals surface area contributed by atoms with Crippen LogP contribution in [0.5, 0.6) is 0 Å². The van der Waals surface area contributed by atoms with Crippen LogP contribution in [0.1, 0.15) is 25.0 Å². The van der Waals surface area contributed by atoms with Crippen molar-refractivity contribution >= 4 is 32.3 Å². The van der Waals surface area contributed by atoms with Gasteiger partial charge in [0.1, 0.15) is 0 Å². The van der Waals surface area contributed by atoms with Gasteiger partial charge in [0, 0.05) is 22.1 Å². The molecule has 11 aromatic rings. The summed E-state index contributed by atoms with van der Waals surface area (Å²) in [6, 6.07) is 79.1. The topological polar surface area (TPSA) is 25.8 Å². The van der Waals surface area contributed by atoms with E-state index in [1.165, 1.54) is 77.2 Å². The maximum Gasteiger partial charge on any atom is 0.160 e. The number of rotatable bonds is 6. The molecule has 296 valence electrons. The van der Waals surface area contributed by atoms with Crippen molar-refractivity contribution < 1.29 is 0 Å². The van der Waals surface area contributed by atoms with Crippen LogP contribution in [0.25, 0.3) is 111 Å². The minimum absolute atomic E-state index is 0.114. The van der Waals surface area contributed by atoms with Crippen LogP contribution in [0.15, 0.2) is 218 Å². The Morgan fingerprint density at radius 1 is 0.302 bits per heavy atom. The molecule has 1 aliphatic rings. The van der Waals surface area contributed by atoms with Crippen molar-refractivity contribution in [3.05, 3.63) is 230 Å². The third-order valence-electron chi connectivity index (χ3n) is 13.3. The minimum Gasteiger partial charge on any atom is -0.228 e. The standard InChI is InChI=1S/C61H42N2/c1-61(2)53-30-16-29-47(58(53)52-36-43-21-9-10-22-44(43)37-54(52)61)45-23-15-24-46(35-45)57-48-25-11-13-27-50(48)59(51-28-14-12-26-49(51)57)56-38-55(62-60(63-56)42-19-7-4-8-20-42)41-33-31-40(32-34-41)39-17-5-3-6-18-39/h3-38H,1-2H3. The molecule has 0 N–H and O–H groups in total. The number of hydrogen-bond acceptors (Lipinski definition) is 2. The van der Waals surface area contributed by atoms with Crippen LogP contribution in [0, 0.1) is 0 Å². The smallest absolute Gasteiger partial charge is 0.160 e. The first kappa shape index (κ1) is 36.9. The summed E-state index contributed by atoms with van der Waals surface area (Å²) in [5.41, 5.74) is 17.5. The van der Waals surface area contributed by atoms with E-state index in [4.69, 9.17) is 9.97 Å². The molecule has 2 heteroatoms. The van der Waals surface area contributed by atoms with Gasteiger partial charge in [0.2, 0.25) is 0 Å². The Morgan fingerprint density at radius 2 is 0.810 bits per heavy atom. The quantitative estimate of drug-likeness (QED) is 0.157. The molecular formula is C61H42N2. The van der Waals surface area contributed by atoms with Gasteiger partial charge >= 0.3 is 0 Å². The summed E-state index contributed by atoms with van der Waals surface area (Å²) in [4.78, 5) is 10.6. The van der Waals surface area contributed by atoms with Gasteiger partial charge in [0.25, 0.3) is 0 Å². The van der Waals surface area contributed by atoms with Crippen LogP contribution in [-0.2, 0) is 5.41 Å². The Balaban J connectivity index is 1.05. The molecule has 0 fully saturated rings. The second-order valence-electron chi connectivity index (χ2n) is 17.3. The van der Waals surface area contributed by atoms with Crippen LogP contribution < -0.4 is 0 Å². The Hall–Kier alpha value is -7.94. The molecule has 0 radical (unpaired) electrons. The Kier molecular flexibility index (Phi) is 8.55. The molecule has 0 bridgehead atoms. The molecule has 0 saturated heterocycles. The third-order valence-corrected chi connectivity index (χ3v) is 13.3. The van der Waals surface area contributed by atoms with Gasteiger partial charge in [-0.1, -0.05) is 208 Å². The van der Waals surface area contributed by atoms with Gasteiger partial charge in [-0.05, 0) is 112 Å². The molecule has 0 amide bonds. The lowest BCUT2D eigenvalue weighted by molar-refractivity contribution is 0.661. The summed E-state index contributed by atoms with van der Waals surface area (Å²) < 4.78 is 0. The molecule has 0 unspecified atom stereocenters. The third kappa shape index (κ3) is 6.09. The van der Waals surface area contributed by atoms with E-state index < -0.39 is 0 Å². The van der Waals surface area contributed by atoms with E-state index in [1.54, 1.807) is 0 Å². The molecule has 0 atom stereocenters. The molecule has 0 saturated carbocycles. The number of nitrogens with zero attached hydrogens (tertiary/aromatic N) is 2. The minimum atomic E-state index is -0.114. The first-order chi connectivity index (χ1) is 31.0. The van der Waals surface area contributed by atoms with Crippen LogP contribution in [0.3, 0.4) is 0 Å². The zero-order valence-electron chi connectivity index (χ0n) is 35.2. The van der Waals surface area contributed by atoms with E-state index in [2.05, 4.69) is 226 Å². The maximum absolute atomic E-state index is 5.39. The second kappa shape index (κ2) is 14.6. The fourth-order valence-corrected chi connectivity index (χ4v) is 10.2. The van der Waals surface area contributed by atoms with Gasteiger partial charge in [-0.3, -0.25) is 0 Å². The van der Waals surface area contributed by atoms with Crippen LogP contribution in [-0.4, -0.2) is 9.97 Å². The van der Waals surface area contributed by atoms with E-state index in [9.17, 15) is 0 Å². The summed E-state index contributed by atoms with van der Waals surface area (Å²) in [6.07, 6.45) is 0. The van der Waals surface area contributed by atoms with Crippen molar-refractivity contribution in [3.8, 4) is 78.4 Å². The number of aromatic nitrogens is 2. The van der Waals surface area contributed by atoms with Gasteiger partial charge in [-0.15, -0.1) is 0 Å². The molecule has 10 aromatic carbocycles. The average molecular weight is 803 g/mol. The summed E-state index contributed by atoms with van der Waals surface area (Å²) in [6.45, 7) is 4.75. The predicted octanol–water partition coefficient (Wildman–Crippen LogP) is 16.2. The lowest BCUT2D eigenvalue weighted by Gasteiger charge is -2.22. The lowest BCUT2D eigenvalue weighted by Crippen LogP contribution is -2.14. The SMILES string of the molecule is CC1(C)c2cc3ccccc3cc2-c2c(-c3cccc(-c4c5ccccc5c(-c5cc(-c6ccc(-c7ccccc7)cc6)nc(-c6ccccc6)n5)c5ccccc45)c3)cccc21. The van der Waals surface area contributed by atoms with Crippen LogP contribution in [0.4, 0.5) is 0 Å². The van der Waals surface area contributed by atoms with Crippen molar-refractivity contribution in [3.63, 3.8) is 0 Å². The summed E-state index contributed by atoms with van der Waals surface area (Å²) in [5.74, 6) is 0.702. The van der Waals surface area contributed by atoms with Crippen LogP contribution >= 0.6 is 0 Å². The fourth-order valence-electron chi connectivity index (χ4n) is 10.2. The van der Waals surface area contributed by atoms with Gasteiger partial charge in [-0.2, -0.15) is 0 Å². The van der Waals surface area contributed by atoms with E-state index >= 15 is 0 Å². The number of fused-ring (bicyclic) bond motifs is 6. The van der Waals surface area contributed by atoms with Crippen molar-refractivity contribution in [2.24, 2.45) is 0 Å². The monoisotopic (exact) mass is 802 g/mol. The predicted molar refractivity (Wildman–Crippen MR) is 265 cm³/mol. The highest BCUT2D eigenvalue weighted by Crippen LogP contribution is 2.53. The highest BCUT2D eigenvalue weighted by atomic mass is 14.9. The summed E-state index contributed by atoms with van der Waals surface area (Å²) >= 11 is 0. The molecule has 1 aliphatic carbocycles. The highest BCUT2D eigenvalue weighted by Gasteiger charge is 2.37. The Bertz CT molecular complexity index is 3510. The van der Waals surface area contributed by atoms with Crippen molar-refractivity contribution in [1.82, 2.24) is 9.97 Å². The molecule has 1 heterocycles. The summed E-state index contributed by atoms with van der Waals surface area (Å²) in [5, 5.41) is 7.25. The van der Waals surface area contributed by atoms with E-state index in [-0.39, 0.29) is 5.41 Å². The molecule has 0 spiro atoms. The van der Waals surface area contributed by atoms with Gasteiger partial charge in [0.05, 0.1) is 11.4 Å².